The average molecular weight is 298 g/mol. The Kier molecular flexibility index (Phi) is 4.47. The Hall–Kier alpha value is -2.00. The van der Waals surface area contributed by atoms with Crippen molar-refractivity contribution >= 4 is 0 Å². The van der Waals surface area contributed by atoms with Crippen molar-refractivity contribution in [3.05, 3.63) is 41.5 Å². The van der Waals surface area contributed by atoms with Crippen molar-refractivity contribution in [3.63, 3.8) is 0 Å². The van der Waals surface area contributed by atoms with Crippen molar-refractivity contribution in [1.29, 1.82) is 0 Å². The molecular formula is C15H15LiO6. The molecule has 0 aromatic heterocycles. The first-order valence-corrected chi connectivity index (χ1v) is 6.37. The summed E-state index contributed by atoms with van der Waals surface area (Å²) in [6.45, 7) is 0. The van der Waals surface area contributed by atoms with E-state index in [2.05, 4.69) is 0 Å². The van der Waals surface area contributed by atoms with Crippen LogP contribution in [0, 0.1) is 0 Å². The number of aliphatic hydroxyl groups is 1. The van der Waals surface area contributed by atoms with Crippen LogP contribution >= 0.6 is 0 Å². The van der Waals surface area contributed by atoms with Crippen molar-refractivity contribution < 1.29 is 50.6 Å². The molecule has 1 aliphatic heterocycles. The first kappa shape index (κ1) is 16.4. The number of benzene rings is 2. The van der Waals surface area contributed by atoms with Crippen molar-refractivity contribution in [2.45, 2.75) is 18.6 Å². The standard InChI is InChI=1S/C15H14O6.Li.H/c16-8-4-11(18)9-6-13(20)15(21-14(9)5-8)7-1-2-10(17)12(19)3-7;;/h1-5,13,15-20H,6H2;;/q;+1;-1. The van der Waals surface area contributed by atoms with E-state index in [0.717, 1.165) is 0 Å². The molecule has 6 nitrogen and oxygen atoms in total. The largest absolute Gasteiger partial charge is 1.00 e. The van der Waals surface area contributed by atoms with Crippen LogP contribution in [0.3, 0.4) is 0 Å². The zero-order valence-electron chi connectivity index (χ0n) is 12.9. The van der Waals surface area contributed by atoms with Gasteiger partial charge in [0.1, 0.15) is 23.4 Å². The van der Waals surface area contributed by atoms with Gasteiger partial charge in [-0.15, -0.1) is 0 Å². The van der Waals surface area contributed by atoms with Crippen molar-refractivity contribution in [2.75, 3.05) is 0 Å². The Bertz CT molecular complexity index is 709. The summed E-state index contributed by atoms with van der Waals surface area (Å²) in [6, 6.07) is 6.67. The van der Waals surface area contributed by atoms with Crippen LogP contribution in [0.1, 0.15) is 18.7 Å². The molecular weight excluding hydrogens is 283 g/mol. The van der Waals surface area contributed by atoms with Gasteiger partial charge in [-0.2, -0.15) is 0 Å². The van der Waals surface area contributed by atoms with Gasteiger partial charge in [0.15, 0.2) is 11.5 Å². The van der Waals surface area contributed by atoms with E-state index in [-0.39, 0.29) is 55.5 Å². The number of ether oxygens (including phenoxy) is 1. The Labute approximate surface area is 139 Å². The maximum atomic E-state index is 10.2. The van der Waals surface area contributed by atoms with E-state index in [1.807, 2.05) is 0 Å². The molecule has 1 heterocycles. The number of phenols is 4. The zero-order chi connectivity index (χ0) is 15.1. The third-order valence-electron chi connectivity index (χ3n) is 3.51. The molecule has 0 bridgehead atoms. The molecule has 22 heavy (non-hydrogen) atoms. The molecule has 0 amide bonds. The second-order valence-corrected chi connectivity index (χ2v) is 5.00. The van der Waals surface area contributed by atoms with Crippen molar-refractivity contribution in [1.82, 2.24) is 0 Å². The molecule has 0 saturated heterocycles. The predicted molar refractivity (Wildman–Crippen MR) is 73.7 cm³/mol. The van der Waals surface area contributed by atoms with E-state index < -0.39 is 12.2 Å². The number of hydrogen-bond acceptors (Lipinski definition) is 6. The van der Waals surface area contributed by atoms with Gasteiger partial charge in [-0.1, -0.05) is 6.07 Å². The summed E-state index contributed by atoms with van der Waals surface area (Å²) >= 11 is 0. The molecule has 0 spiro atoms. The first-order valence-electron chi connectivity index (χ1n) is 6.37. The van der Waals surface area contributed by atoms with Gasteiger partial charge in [-0.3, -0.25) is 0 Å². The molecule has 5 N–H and O–H groups in total. The summed E-state index contributed by atoms with van der Waals surface area (Å²) in [5.41, 5.74) is 0.894. The van der Waals surface area contributed by atoms with Crippen LogP contribution < -0.4 is 23.6 Å². The second-order valence-electron chi connectivity index (χ2n) is 5.00. The Balaban J connectivity index is 0.00000132. The first-order chi connectivity index (χ1) is 9.95. The minimum Gasteiger partial charge on any atom is -1.00 e. The molecule has 2 aromatic rings. The van der Waals surface area contributed by atoms with E-state index in [1.54, 1.807) is 0 Å². The smallest absolute Gasteiger partial charge is 1.00 e. The fourth-order valence-corrected chi connectivity index (χ4v) is 2.47. The molecule has 0 saturated carbocycles. The number of phenolic OH excluding ortho intramolecular Hbond substituents is 4. The monoisotopic (exact) mass is 298 g/mol. The number of hydrogen-bond donors (Lipinski definition) is 5. The SMILES string of the molecule is Oc1cc(O)c2c(c1)OC(c1ccc(O)c(O)c1)C(O)C2.[H-].[Li+]. The quantitative estimate of drug-likeness (QED) is 0.329. The van der Waals surface area contributed by atoms with Crippen LogP contribution in [0.5, 0.6) is 28.7 Å². The van der Waals surface area contributed by atoms with E-state index in [9.17, 15) is 25.5 Å². The second kappa shape index (κ2) is 6.01. The summed E-state index contributed by atoms with van der Waals surface area (Å²) in [4.78, 5) is 0. The molecule has 2 aromatic carbocycles. The van der Waals surface area contributed by atoms with Gasteiger partial charge in [-0.05, 0) is 17.7 Å². The van der Waals surface area contributed by atoms with Crippen molar-refractivity contribution in [2.24, 2.45) is 0 Å². The van der Waals surface area contributed by atoms with E-state index >= 15 is 0 Å². The average Bonchev–Trinajstić information content (AvgIpc) is 2.42. The van der Waals surface area contributed by atoms with E-state index in [0.29, 0.717) is 11.1 Å². The summed E-state index contributed by atoms with van der Waals surface area (Å²) in [6.07, 6.45) is -1.56. The number of rotatable bonds is 1. The minimum absolute atomic E-state index is 0. The zero-order valence-corrected chi connectivity index (χ0v) is 11.9. The molecule has 7 heteroatoms. The molecule has 2 unspecified atom stereocenters. The van der Waals surface area contributed by atoms with Crippen LogP contribution in [0.2, 0.25) is 0 Å². The maximum absolute atomic E-state index is 10.2. The predicted octanol–water partition coefficient (Wildman–Crippen LogP) is -1.34. The van der Waals surface area contributed by atoms with Gasteiger partial charge in [0.05, 0.1) is 6.10 Å². The number of aromatic hydroxyl groups is 4. The van der Waals surface area contributed by atoms with Crippen LogP contribution in [0.25, 0.3) is 0 Å². The summed E-state index contributed by atoms with van der Waals surface area (Å²) in [5.74, 6) is -0.589. The molecule has 1 aliphatic rings. The van der Waals surface area contributed by atoms with Crippen LogP contribution in [-0.2, 0) is 6.42 Å². The van der Waals surface area contributed by atoms with Crippen LogP contribution in [-0.4, -0.2) is 31.6 Å². The third-order valence-corrected chi connectivity index (χ3v) is 3.51. The Morgan fingerprint density at radius 1 is 0.955 bits per heavy atom. The maximum Gasteiger partial charge on any atom is 1.00 e. The molecule has 112 valence electrons. The molecule has 0 radical (unpaired) electrons. The fraction of sp³-hybridized carbons (Fsp3) is 0.200. The van der Waals surface area contributed by atoms with E-state index in [4.69, 9.17) is 4.74 Å². The van der Waals surface area contributed by atoms with Crippen molar-refractivity contribution in [3.8, 4) is 28.7 Å². The van der Waals surface area contributed by atoms with Crippen LogP contribution in [0.4, 0.5) is 0 Å². The van der Waals surface area contributed by atoms with Gasteiger partial charge in [0, 0.05) is 24.1 Å². The van der Waals surface area contributed by atoms with Crippen LogP contribution in [0.15, 0.2) is 30.3 Å². The van der Waals surface area contributed by atoms with Gasteiger partial charge in [-0.25, -0.2) is 0 Å². The molecule has 0 aliphatic carbocycles. The Morgan fingerprint density at radius 3 is 2.36 bits per heavy atom. The number of fused-ring (bicyclic) bond motifs is 1. The summed E-state index contributed by atoms with van der Waals surface area (Å²) in [7, 11) is 0. The van der Waals surface area contributed by atoms with Gasteiger partial charge >= 0.3 is 18.9 Å². The topological polar surface area (TPSA) is 110 Å². The summed E-state index contributed by atoms with van der Waals surface area (Å²) in [5, 5.41) is 48.3. The van der Waals surface area contributed by atoms with Gasteiger partial charge in [0.2, 0.25) is 0 Å². The molecule has 2 atom stereocenters. The molecule has 0 fully saturated rings. The number of aliphatic hydroxyl groups excluding tert-OH is 1. The van der Waals surface area contributed by atoms with Gasteiger partial charge < -0.3 is 31.7 Å². The van der Waals surface area contributed by atoms with Gasteiger partial charge in [0.25, 0.3) is 0 Å². The minimum atomic E-state index is -0.933. The third kappa shape index (κ3) is 2.81. The normalized spacial score (nSPS) is 19.7. The Morgan fingerprint density at radius 2 is 1.68 bits per heavy atom. The summed E-state index contributed by atoms with van der Waals surface area (Å²) < 4.78 is 5.62. The van der Waals surface area contributed by atoms with E-state index in [1.165, 1.54) is 30.3 Å². The molecule has 3 rings (SSSR count). The fourth-order valence-electron chi connectivity index (χ4n) is 2.47.